The smallest absolute Gasteiger partial charge is 0.273 e. The zero-order chi connectivity index (χ0) is 11.5. The molecule has 0 aliphatic rings. The van der Waals surface area contributed by atoms with Gasteiger partial charge in [0, 0.05) is 9.77 Å². The van der Waals surface area contributed by atoms with Crippen molar-refractivity contribution in [3.63, 3.8) is 0 Å². The van der Waals surface area contributed by atoms with E-state index in [-0.39, 0.29) is 11.7 Å². The summed E-state index contributed by atoms with van der Waals surface area (Å²) < 4.78 is 13.5. The van der Waals surface area contributed by atoms with Crippen molar-refractivity contribution in [1.29, 1.82) is 0 Å². The molecule has 1 aromatic carbocycles. The molecule has 2 rings (SSSR count). The summed E-state index contributed by atoms with van der Waals surface area (Å²) in [5.41, 5.74) is 0.932. The summed E-state index contributed by atoms with van der Waals surface area (Å²) in [4.78, 5) is 11.6. The lowest BCUT2D eigenvalue weighted by atomic mass is 10.3. The second-order valence-corrected chi connectivity index (χ2v) is 4.21. The van der Waals surface area contributed by atoms with E-state index >= 15 is 0 Å². The second-order valence-electron chi connectivity index (χ2n) is 3.05. The van der Waals surface area contributed by atoms with Crippen LogP contribution >= 0.6 is 22.6 Å². The Balaban J connectivity index is 2.18. The van der Waals surface area contributed by atoms with Crippen LogP contribution in [-0.4, -0.2) is 16.1 Å². The Morgan fingerprint density at radius 2 is 2.25 bits per heavy atom. The van der Waals surface area contributed by atoms with Crippen LogP contribution in [0.2, 0.25) is 0 Å². The van der Waals surface area contributed by atoms with E-state index in [0.717, 1.165) is 0 Å². The van der Waals surface area contributed by atoms with Crippen molar-refractivity contribution in [2.75, 3.05) is 5.32 Å². The van der Waals surface area contributed by atoms with Crippen molar-refractivity contribution in [2.45, 2.75) is 0 Å². The Morgan fingerprint density at radius 3 is 2.88 bits per heavy atom. The van der Waals surface area contributed by atoms with E-state index in [9.17, 15) is 9.18 Å². The predicted octanol–water partition coefficient (Wildman–Crippen LogP) is 2.41. The molecule has 1 amide bonds. The molecule has 4 nitrogen and oxygen atoms in total. The Kier molecular flexibility index (Phi) is 3.18. The molecule has 2 aromatic rings. The maximum Gasteiger partial charge on any atom is 0.273 e. The van der Waals surface area contributed by atoms with Gasteiger partial charge in [0.05, 0.1) is 5.69 Å². The standard InChI is InChI=1S/C10H7FIN3O/c11-6-1-2-8(7(12)5-6)14-10(16)9-3-4-13-15-9/h1-5H,(H,13,15)(H,14,16). The number of hydrogen-bond acceptors (Lipinski definition) is 2. The summed E-state index contributed by atoms with van der Waals surface area (Å²) in [6, 6.07) is 5.73. The van der Waals surface area contributed by atoms with Gasteiger partial charge >= 0.3 is 0 Å². The van der Waals surface area contributed by atoms with Gasteiger partial charge in [-0.3, -0.25) is 9.89 Å². The second kappa shape index (κ2) is 4.60. The van der Waals surface area contributed by atoms with Gasteiger partial charge in [-0.1, -0.05) is 0 Å². The van der Waals surface area contributed by atoms with Crippen LogP contribution in [0.1, 0.15) is 10.5 Å². The SMILES string of the molecule is O=C(Nc1ccc(F)cc1I)c1ccn[nH]1. The average Bonchev–Trinajstić information content (AvgIpc) is 2.75. The minimum absolute atomic E-state index is 0.304. The van der Waals surface area contributed by atoms with Gasteiger partial charge in [-0.05, 0) is 46.9 Å². The molecular weight excluding hydrogens is 324 g/mol. The Hall–Kier alpha value is -1.44. The molecule has 0 saturated carbocycles. The molecule has 16 heavy (non-hydrogen) atoms. The molecule has 0 aliphatic heterocycles. The van der Waals surface area contributed by atoms with Crippen molar-refractivity contribution < 1.29 is 9.18 Å². The molecule has 0 spiro atoms. The van der Waals surface area contributed by atoms with Gasteiger partial charge in [-0.2, -0.15) is 5.10 Å². The van der Waals surface area contributed by atoms with Gasteiger partial charge in [0.15, 0.2) is 0 Å². The first-order valence-electron chi connectivity index (χ1n) is 4.42. The number of aromatic amines is 1. The number of aromatic nitrogens is 2. The molecule has 1 aromatic heterocycles. The van der Waals surface area contributed by atoms with E-state index in [2.05, 4.69) is 15.5 Å². The third-order valence-corrected chi connectivity index (χ3v) is 2.82. The lowest BCUT2D eigenvalue weighted by molar-refractivity contribution is 0.102. The number of anilines is 1. The van der Waals surface area contributed by atoms with E-state index in [1.807, 2.05) is 22.6 Å². The Morgan fingerprint density at radius 1 is 1.44 bits per heavy atom. The first-order valence-corrected chi connectivity index (χ1v) is 5.50. The van der Waals surface area contributed by atoms with Crippen LogP contribution < -0.4 is 5.32 Å². The summed E-state index contributed by atoms with van der Waals surface area (Å²) in [5.74, 6) is -0.633. The normalized spacial score (nSPS) is 10.1. The van der Waals surface area contributed by atoms with E-state index in [1.54, 1.807) is 6.07 Å². The molecule has 0 saturated heterocycles. The maximum atomic E-state index is 12.8. The number of nitrogens with zero attached hydrogens (tertiary/aromatic N) is 1. The van der Waals surface area contributed by atoms with Crippen molar-refractivity contribution in [3.05, 3.63) is 45.5 Å². The summed E-state index contributed by atoms with van der Waals surface area (Å²) in [5, 5.41) is 8.88. The average molecular weight is 331 g/mol. The molecule has 6 heteroatoms. The quantitative estimate of drug-likeness (QED) is 0.831. The lowest BCUT2D eigenvalue weighted by Gasteiger charge is -2.05. The molecule has 82 valence electrons. The highest BCUT2D eigenvalue weighted by atomic mass is 127. The predicted molar refractivity (Wildman–Crippen MR) is 65.7 cm³/mol. The van der Waals surface area contributed by atoms with Crippen LogP contribution in [0.25, 0.3) is 0 Å². The number of H-pyrrole nitrogens is 1. The van der Waals surface area contributed by atoms with Crippen LogP contribution in [0.3, 0.4) is 0 Å². The summed E-state index contributed by atoms with van der Waals surface area (Å²) in [6.45, 7) is 0. The fourth-order valence-corrected chi connectivity index (χ4v) is 1.77. The monoisotopic (exact) mass is 331 g/mol. The highest BCUT2D eigenvalue weighted by molar-refractivity contribution is 14.1. The van der Waals surface area contributed by atoms with E-state index in [0.29, 0.717) is 15.0 Å². The number of carbonyl (C=O) groups excluding carboxylic acids is 1. The van der Waals surface area contributed by atoms with E-state index < -0.39 is 0 Å². The van der Waals surface area contributed by atoms with Gasteiger partial charge in [0.25, 0.3) is 5.91 Å². The van der Waals surface area contributed by atoms with Crippen LogP contribution in [0, 0.1) is 9.39 Å². The first-order chi connectivity index (χ1) is 7.66. The largest absolute Gasteiger partial charge is 0.320 e. The van der Waals surface area contributed by atoms with E-state index in [4.69, 9.17) is 0 Å². The summed E-state index contributed by atoms with van der Waals surface area (Å²) in [6.07, 6.45) is 1.49. The highest BCUT2D eigenvalue weighted by Crippen LogP contribution is 2.19. The van der Waals surface area contributed by atoms with Gasteiger partial charge in [-0.25, -0.2) is 4.39 Å². The molecule has 0 aliphatic carbocycles. The molecular formula is C10H7FIN3O. The van der Waals surface area contributed by atoms with Gasteiger partial charge < -0.3 is 5.32 Å². The number of benzene rings is 1. The number of rotatable bonds is 2. The zero-order valence-corrected chi connectivity index (χ0v) is 10.2. The minimum atomic E-state index is -0.330. The maximum absolute atomic E-state index is 12.8. The van der Waals surface area contributed by atoms with Crippen LogP contribution in [0.4, 0.5) is 10.1 Å². The van der Waals surface area contributed by atoms with Crippen molar-refractivity contribution in [1.82, 2.24) is 10.2 Å². The molecule has 2 N–H and O–H groups in total. The Bertz CT molecular complexity index is 513. The highest BCUT2D eigenvalue weighted by Gasteiger charge is 2.09. The topological polar surface area (TPSA) is 57.8 Å². The number of nitrogens with one attached hydrogen (secondary N) is 2. The number of carbonyl (C=O) groups is 1. The van der Waals surface area contributed by atoms with Crippen molar-refractivity contribution >= 4 is 34.2 Å². The van der Waals surface area contributed by atoms with E-state index in [1.165, 1.54) is 24.4 Å². The number of amides is 1. The molecule has 0 radical (unpaired) electrons. The third kappa shape index (κ3) is 2.38. The summed E-state index contributed by atoms with van der Waals surface area (Å²) in [7, 11) is 0. The van der Waals surface area contributed by atoms with Gasteiger partial charge in [0.1, 0.15) is 11.5 Å². The molecule has 0 bridgehead atoms. The first kappa shape index (κ1) is 11.1. The van der Waals surface area contributed by atoms with Crippen LogP contribution in [-0.2, 0) is 0 Å². The van der Waals surface area contributed by atoms with Crippen molar-refractivity contribution in [2.24, 2.45) is 0 Å². The Labute approximate surface area is 104 Å². The van der Waals surface area contributed by atoms with Crippen molar-refractivity contribution in [3.8, 4) is 0 Å². The molecule has 0 unspecified atom stereocenters. The van der Waals surface area contributed by atoms with Crippen LogP contribution in [0.5, 0.6) is 0 Å². The molecule has 0 fully saturated rings. The zero-order valence-electron chi connectivity index (χ0n) is 8.00. The fraction of sp³-hybridized carbons (Fsp3) is 0. The molecule has 0 atom stereocenters. The number of hydrogen-bond donors (Lipinski definition) is 2. The third-order valence-electron chi connectivity index (χ3n) is 1.92. The van der Waals surface area contributed by atoms with Gasteiger partial charge in [-0.15, -0.1) is 0 Å². The number of halogens is 2. The summed E-state index contributed by atoms with van der Waals surface area (Å²) >= 11 is 1.96. The lowest BCUT2D eigenvalue weighted by Crippen LogP contribution is -2.13. The van der Waals surface area contributed by atoms with Crippen LogP contribution in [0.15, 0.2) is 30.5 Å². The molecule has 1 heterocycles. The van der Waals surface area contributed by atoms with Gasteiger partial charge in [0.2, 0.25) is 0 Å². The fourth-order valence-electron chi connectivity index (χ4n) is 1.16. The minimum Gasteiger partial charge on any atom is -0.320 e.